The summed E-state index contributed by atoms with van der Waals surface area (Å²) in [5.41, 5.74) is -1.80. The van der Waals surface area contributed by atoms with Crippen molar-refractivity contribution in [3.8, 4) is 0 Å². The van der Waals surface area contributed by atoms with Gasteiger partial charge in [0.15, 0.2) is 6.54 Å². The molecule has 6 atom stereocenters. The molecule has 31 heavy (non-hydrogen) atoms. The van der Waals surface area contributed by atoms with E-state index in [-0.39, 0.29) is 36.4 Å². The van der Waals surface area contributed by atoms with Crippen molar-refractivity contribution in [1.29, 1.82) is 0 Å². The Labute approximate surface area is 188 Å². The molecule has 3 aliphatic heterocycles. The van der Waals surface area contributed by atoms with Crippen molar-refractivity contribution >= 4 is 34.6 Å². The number of quaternary nitrogens is 1. The zero-order valence-corrected chi connectivity index (χ0v) is 19.1. The highest BCUT2D eigenvalue weighted by atomic mass is 32.1. The maximum atomic E-state index is 13.3. The van der Waals surface area contributed by atoms with Crippen LogP contribution in [0.25, 0.3) is 0 Å². The van der Waals surface area contributed by atoms with Crippen LogP contribution in [0.3, 0.4) is 0 Å². The van der Waals surface area contributed by atoms with Crippen molar-refractivity contribution in [3.05, 3.63) is 44.8 Å². The van der Waals surface area contributed by atoms with Gasteiger partial charge in [0.2, 0.25) is 5.60 Å². The number of likely N-dealkylation sites (N-methyl/N-ethyl adjacent to an activating group) is 1. The van der Waals surface area contributed by atoms with Gasteiger partial charge in [-0.25, -0.2) is 9.59 Å². The van der Waals surface area contributed by atoms with Crippen LogP contribution < -0.4 is 0 Å². The highest BCUT2D eigenvalue weighted by Crippen LogP contribution is 2.53. The topological polar surface area (TPSA) is 85.4 Å². The number of rotatable bonds is 7. The zero-order chi connectivity index (χ0) is 21.8. The Hall–Kier alpha value is -1.78. The largest absolute Gasteiger partial charge is 0.462 e. The first kappa shape index (κ1) is 21.1. The first-order valence-electron chi connectivity index (χ1n) is 10.5. The summed E-state index contributed by atoms with van der Waals surface area (Å²) in [6, 6.07) is 7.29. The molecule has 2 unspecified atom stereocenters. The van der Waals surface area contributed by atoms with Gasteiger partial charge in [0.05, 0.1) is 23.4 Å². The van der Waals surface area contributed by atoms with Crippen molar-refractivity contribution in [3.63, 3.8) is 0 Å². The number of carbonyl (C=O) groups excluding carboxylic acids is 2. The molecule has 5 rings (SSSR count). The molecule has 2 bridgehead atoms. The normalized spacial score (nSPS) is 33.6. The van der Waals surface area contributed by atoms with E-state index in [1.54, 1.807) is 19.1 Å². The molecule has 3 fully saturated rings. The minimum atomic E-state index is -1.80. The van der Waals surface area contributed by atoms with E-state index in [1.807, 2.05) is 22.9 Å². The summed E-state index contributed by atoms with van der Waals surface area (Å²) in [4.78, 5) is 26.6. The number of epoxide rings is 1. The third-order valence-corrected chi connectivity index (χ3v) is 8.90. The molecule has 0 aromatic carbocycles. The zero-order valence-electron chi connectivity index (χ0n) is 17.4. The lowest BCUT2D eigenvalue weighted by Crippen LogP contribution is -2.64. The lowest BCUT2D eigenvalue weighted by Gasteiger charge is -2.47. The van der Waals surface area contributed by atoms with E-state index in [9.17, 15) is 14.7 Å². The summed E-state index contributed by atoms with van der Waals surface area (Å²) < 4.78 is 17.5. The summed E-state index contributed by atoms with van der Waals surface area (Å²) in [6.07, 6.45) is 1.08. The number of ether oxygens (including phenoxy) is 3. The van der Waals surface area contributed by atoms with Crippen LogP contribution in [0.1, 0.15) is 29.5 Å². The number of thiophene rings is 2. The average Bonchev–Trinajstić information content (AvgIpc) is 3.10. The number of hydrogen-bond acceptors (Lipinski definition) is 8. The summed E-state index contributed by atoms with van der Waals surface area (Å²) in [5, 5.41) is 15.2. The molecule has 0 amide bonds. The molecule has 3 aliphatic rings. The van der Waals surface area contributed by atoms with Crippen LogP contribution in [0.2, 0.25) is 0 Å². The predicted molar refractivity (Wildman–Crippen MR) is 115 cm³/mol. The SMILES string of the molecule is CCOC(=O)C[N+]1(C)[C@@H]2CC(OC(=O)C(O)(c3cccs3)c3cccs3)C[C@H]1[C@@H]1O[C@@H]12. The molecule has 5 heterocycles. The van der Waals surface area contributed by atoms with Crippen LogP contribution in [-0.2, 0) is 29.4 Å². The second-order valence-electron chi connectivity index (χ2n) is 8.67. The summed E-state index contributed by atoms with van der Waals surface area (Å²) in [5.74, 6) is -0.848. The quantitative estimate of drug-likeness (QED) is 0.384. The van der Waals surface area contributed by atoms with E-state index >= 15 is 0 Å². The van der Waals surface area contributed by atoms with Gasteiger partial charge in [-0.05, 0) is 29.8 Å². The van der Waals surface area contributed by atoms with Gasteiger partial charge in [-0.1, -0.05) is 12.1 Å². The summed E-state index contributed by atoms with van der Waals surface area (Å²) in [6.45, 7) is 2.47. The van der Waals surface area contributed by atoms with Crippen molar-refractivity contribution in [2.45, 2.75) is 55.8 Å². The van der Waals surface area contributed by atoms with E-state index < -0.39 is 11.6 Å². The summed E-state index contributed by atoms with van der Waals surface area (Å²) in [7, 11) is 2.08. The fourth-order valence-corrected chi connectivity index (χ4v) is 7.12. The Kier molecular flexibility index (Phi) is 5.22. The van der Waals surface area contributed by atoms with Gasteiger partial charge in [0.25, 0.3) is 0 Å². The average molecular weight is 465 g/mol. The first-order chi connectivity index (χ1) is 14.9. The Morgan fingerprint density at radius 2 is 1.74 bits per heavy atom. The molecule has 2 aromatic rings. The summed E-state index contributed by atoms with van der Waals surface area (Å²) >= 11 is 2.66. The second-order valence-corrected chi connectivity index (χ2v) is 10.6. The first-order valence-corrected chi connectivity index (χ1v) is 12.3. The number of carbonyl (C=O) groups is 2. The van der Waals surface area contributed by atoms with Crippen LogP contribution in [-0.4, -0.2) is 72.1 Å². The number of piperidine rings is 1. The van der Waals surface area contributed by atoms with E-state index in [0.29, 0.717) is 40.2 Å². The third kappa shape index (κ3) is 3.34. The van der Waals surface area contributed by atoms with Crippen molar-refractivity contribution in [1.82, 2.24) is 0 Å². The van der Waals surface area contributed by atoms with Crippen LogP contribution in [0.4, 0.5) is 0 Å². The number of fused-ring (bicyclic) bond motifs is 5. The molecular weight excluding hydrogens is 438 g/mol. The molecule has 0 spiro atoms. The minimum Gasteiger partial charge on any atom is -0.462 e. The number of nitrogens with zero attached hydrogens (tertiary/aromatic N) is 1. The maximum Gasteiger partial charge on any atom is 0.361 e. The Bertz CT molecular complexity index is 907. The van der Waals surface area contributed by atoms with Gasteiger partial charge >= 0.3 is 11.9 Å². The van der Waals surface area contributed by atoms with Gasteiger partial charge in [-0.15, -0.1) is 22.7 Å². The smallest absolute Gasteiger partial charge is 0.361 e. The fraction of sp³-hybridized carbons (Fsp3) is 0.545. The predicted octanol–water partition coefficient (Wildman–Crippen LogP) is 2.28. The van der Waals surface area contributed by atoms with Crippen LogP contribution in [0, 0.1) is 0 Å². The molecule has 0 saturated carbocycles. The van der Waals surface area contributed by atoms with Gasteiger partial charge < -0.3 is 23.8 Å². The number of aliphatic hydroxyl groups is 1. The molecule has 0 aliphatic carbocycles. The van der Waals surface area contributed by atoms with E-state index in [4.69, 9.17) is 14.2 Å². The highest BCUT2D eigenvalue weighted by molar-refractivity contribution is 7.12. The van der Waals surface area contributed by atoms with Crippen molar-refractivity contribution < 1.29 is 33.4 Å². The molecule has 0 radical (unpaired) electrons. The molecular formula is C22H26NO6S2+. The Morgan fingerprint density at radius 1 is 1.16 bits per heavy atom. The molecule has 1 N–H and O–H groups in total. The van der Waals surface area contributed by atoms with E-state index in [0.717, 1.165) is 0 Å². The van der Waals surface area contributed by atoms with Crippen LogP contribution >= 0.6 is 22.7 Å². The number of esters is 2. The second kappa shape index (κ2) is 7.67. The lowest BCUT2D eigenvalue weighted by atomic mass is 9.94. The van der Waals surface area contributed by atoms with Crippen LogP contribution in [0.5, 0.6) is 0 Å². The highest BCUT2D eigenvalue weighted by Gasteiger charge is 2.72. The van der Waals surface area contributed by atoms with E-state index in [1.165, 1.54) is 22.7 Å². The fourth-order valence-electron chi connectivity index (χ4n) is 5.40. The monoisotopic (exact) mass is 464 g/mol. The van der Waals surface area contributed by atoms with E-state index in [2.05, 4.69) is 7.05 Å². The maximum absolute atomic E-state index is 13.3. The molecule has 166 valence electrons. The minimum absolute atomic E-state index is 0.0718. The Balaban J connectivity index is 1.34. The molecule has 3 saturated heterocycles. The third-order valence-electron chi connectivity index (χ3n) is 6.94. The van der Waals surface area contributed by atoms with Gasteiger partial charge in [0.1, 0.15) is 30.4 Å². The molecule has 9 heteroatoms. The molecule has 2 aromatic heterocycles. The molecule has 7 nitrogen and oxygen atoms in total. The van der Waals surface area contributed by atoms with Crippen LogP contribution in [0.15, 0.2) is 35.0 Å². The van der Waals surface area contributed by atoms with Crippen molar-refractivity contribution in [2.24, 2.45) is 0 Å². The number of morpholine rings is 1. The van der Waals surface area contributed by atoms with Gasteiger partial charge in [-0.2, -0.15) is 0 Å². The van der Waals surface area contributed by atoms with Crippen molar-refractivity contribution in [2.75, 3.05) is 20.2 Å². The number of hydrogen-bond donors (Lipinski definition) is 1. The van der Waals surface area contributed by atoms with Gasteiger partial charge in [-0.3, -0.25) is 0 Å². The Morgan fingerprint density at radius 3 is 2.23 bits per heavy atom. The standard InChI is InChI=1S/C22H26NO6S2/c1-3-27-18(24)12-23(2)14-10-13(11-15(23)20-19(14)29-20)28-21(25)22(26,16-6-4-8-30-16)17-7-5-9-31-17/h4-9,13-15,19-20,26H,3,10-12H2,1-2H3/q+1/t13?,14-,15+,19-,20+,23?. The van der Waals surface area contributed by atoms with Gasteiger partial charge in [0, 0.05) is 12.8 Å². The lowest BCUT2D eigenvalue weighted by molar-refractivity contribution is -0.949.